The van der Waals surface area contributed by atoms with Crippen molar-refractivity contribution < 1.29 is 14.0 Å². The van der Waals surface area contributed by atoms with Gasteiger partial charge < -0.3 is 4.42 Å². The third kappa shape index (κ3) is 1.62. The molecule has 0 radical (unpaired) electrons. The molecule has 1 amide bonds. The zero-order valence-electron chi connectivity index (χ0n) is 7.17. The number of aryl methyl sites for hydroxylation is 2. The van der Waals surface area contributed by atoms with Crippen molar-refractivity contribution in [2.75, 3.05) is 7.11 Å². The molecule has 1 aromatic rings. The zero-order chi connectivity index (χ0) is 9.14. The number of oxazole rings is 1. The topological polar surface area (TPSA) is 64.4 Å². The van der Waals surface area contributed by atoms with Crippen molar-refractivity contribution in [3.63, 3.8) is 0 Å². The fourth-order valence-corrected chi connectivity index (χ4v) is 0.881. The molecule has 0 aromatic carbocycles. The van der Waals surface area contributed by atoms with Crippen LogP contribution in [-0.2, 0) is 4.84 Å². The number of rotatable bonds is 2. The normalized spacial score (nSPS) is 9.92. The Balaban J connectivity index is 2.87. The van der Waals surface area contributed by atoms with Gasteiger partial charge in [-0.2, -0.15) is 0 Å². The third-order valence-electron chi connectivity index (χ3n) is 1.30. The summed E-state index contributed by atoms with van der Waals surface area (Å²) >= 11 is 0. The molecule has 0 aliphatic heterocycles. The Kier molecular flexibility index (Phi) is 2.44. The Morgan fingerprint density at radius 2 is 2.25 bits per heavy atom. The van der Waals surface area contributed by atoms with Gasteiger partial charge in [-0.25, -0.2) is 10.5 Å². The van der Waals surface area contributed by atoms with Gasteiger partial charge in [0.2, 0.25) is 5.76 Å². The van der Waals surface area contributed by atoms with Gasteiger partial charge in [0.25, 0.3) is 0 Å². The number of carbonyl (C=O) groups is 1. The lowest BCUT2D eigenvalue weighted by Crippen LogP contribution is -2.21. The minimum Gasteiger partial charge on any atom is -0.435 e. The summed E-state index contributed by atoms with van der Waals surface area (Å²) in [5.41, 5.74) is 2.70. The predicted octanol–water partition coefficient (Wildman–Crippen LogP) is 0.583. The average molecular weight is 170 g/mol. The summed E-state index contributed by atoms with van der Waals surface area (Å²) in [5, 5.41) is 0. The number of nitrogens with zero attached hydrogens (tertiary/aromatic N) is 1. The van der Waals surface area contributed by atoms with Crippen LogP contribution < -0.4 is 5.48 Å². The Bertz CT molecular complexity index is 293. The maximum absolute atomic E-state index is 11.1. The van der Waals surface area contributed by atoms with E-state index in [1.54, 1.807) is 13.8 Å². The highest BCUT2D eigenvalue weighted by atomic mass is 16.6. The molecule has 0 saturated heterocycles. The molecule has 1 aromatic heterocycles. The second kappa shape index (κ2) is 3.36. The van der Waals surface area contributed by atoms with Crippen LogP contribution >= 0.6 is 0 Å². The Hall–Kier alpha value is -1.36. The van der Waals surface area contributed by atoms with Crippen molar-refractivity contribution in [2.24, 2.45) is 0 Å². The van der Waals surface area contributed by atoms with E-state index in [4.69, 9.17) is 4.42 Å². The van der Waals surface area contributed by atoms with Crippen molar-refractivity contribution in [3.05, 3.63) is 17.3 Å². The molecular weight excluding hydrogens is 160 g/mol. The van der Waals surface area contributed by atoms with Crippen LogP contribution in [0.25, 0.3) is 0 Å². The first-order valence-corrected chi connectivity index (χ1v) is 3.42. The second-order valence-electron chi connectivity index (χ2n) is 2.28. The summed E-state index contributed by atoms with van der Waals surface area (Å²) in [7, 11) is 1.36. The molecule has 1 N–H and O–H groups in total. The van der Waals surface area contributed by atoms with Crippen molar-refractivity contribution in [2.45, 2.75) is 13.8 Å². The number of amides is 1. The Morgan fingerprint density at radius 1 is 1.58 bits per heavy atom. The van der Waals surface area contributed by atoms with Crippen LogP contribution in [0.5, 0.6) is 0 Å². The smallest absolute Gasteiger partial charge is 0.312 e. The molecule has 1 rings (SSSR count). The number of aromatic nitrogens is 1. The van der Waals surface area contributed by atoms with Crippen LogP contribution in [-0.4, -0.2) is 18.0 Å². The lowest BCUT2D eigenvalue weighted by atomic mass is 10.4. The van der Waals surface area contributed by atoms with Crippen LogP contribution in [0.15, 0.2) is 4.42 Å². The van der Waals surface area contributed by atoms with E-state index in [2.05, 4.69) is 15.3 Å². The quantitative estimate of drug-likeness (QED) is 0.659. The first-order valence-electron chi connectivity index (χ1n) is 3.42. The number of hydrogen-bond acceptors (Lipinski definition) is 4. The van der Waals surface area contributed by atoms with Gasteiger partial charge in [-0.3, -0.25) is 9.63 Å². The van der Waals surface area contributed by atoms with E-state index in [1.165, 1.54) is 7.11 Å². The molecule has 5 nitrogen and oxygen atoms in total. The SMILES string of the molecule is CONC(=O)c1oc(C)nc1C. The predicted molar refractivity (Wildman–Crippen MR) is 40.5 cm³/mol. The molecule has 0 unspecified atom stereocenters. The monoisotopic (exact) mass is 170 g/mol. The van der Waals surface area contributed by atoms with Gasteiger partial charge in [0.1, 0.15) is 0 Å². The number of carbonyl (C=O) groups excluding carboxylic acids is 1. The number of hydrogen-bond donors (Lipinski definition) is 1. The Labute approximate surface area is 69.7 Å². The van der Waals surface area contributed by atoms with Gasteiger partial charge in [0, 0.05) is 6.92 Å². The fourth-order valence-electron chi connectivity index (χ4n) is 0.881. The first-order chi connectivity index (χ1) is 5.65. The highest BCUT2D eigenvalue weighted by Gasteiger charge is 2.14. The molecular formula is C7H10N2O3. The molecule has 66 valence electrons. The van der Waals surface area contributed by atoms with Crippen molar-refractivity contribution in [1.29, 1.82) is 0 Å². The number of nitrogens with one attached hydrogen (secondary N) is 1. The van der Waals surface area contributed by atoms with E-state index in [1.807, 2.05) is 0 Å². The van der Waals surface area contributed by atoms with Gasteiger partial charge >= 0.3 is 5.91 Å². The molecule has 0 aliphatic carbocycles. The summed E-state index contributed by atoms with van der Waals surface area (Å²) in [5.74, 6) is 0.235. The maximum Gasteiger partial charge on any atom is 0.312 e. The first kappa shape index (κ1) is 8.73. The van der Waals surface area contributed by atoms with Crippen molar-refractivity contribution in [3.8, 4) is 0 Å². The lowest BCUT2D eigenvalue weighted by Gasteiger charge is -1.97. The van der Waals surface area contributed by atoms with Gasteiger partial charge in [-0.1, -0.05) is 0 Å². The van der Waals surface area contributed by atoms with Crippen LogP contribution in [0, 0.1) is 13.8 Å². The Morgan fingerprint density at radius 3 is 2.67 bits per heavy atom. The lowest BCUT2D eigenvalue weighted by molar-refractivity contribution is 0.0508. The molecule has 0 saturated carbocycles. The molecule has 0 fully saturated rings. The molecule has 0 aliphatic rings. The van der Waals surface area contributed by atoms with E-state index in [0.717, 1.165) is 0 Å². The van der Waals surface area contributed by atoms with Crippen LogP contribution in [0.2, 0.25) is 0 Å². The second-order valence-corrected chi connectivity index (χ2v) is 2.28. The van der Waals surface area contributed by atoms with Crippen LogP contribution in [0.1, 0.15) is 22.1 Å². The van der Waals surface area contributed by atoms with Crippen LogP contribution in [0.3, 0.4) is 0 Å². The maximum atomic E-state index is 11.1. The van der Waals surface area contributed by atoms with Gasteiger partial charge in [0.05, 0.1) is 12.8 Å². The van der Waals surface area contributed by atoms with Gasteiger partial charge in [-0.05, 0) is 6.92 Å². The van der Waals surface area contributed by atoms with Crippen molar-refractivity contribution >= 4 is 5.91 Å². The molecule has 0 spiro atoms. The van der Waals surface area contributed by atoms with Crippen LogP contribution in [0.4, 0.5) is 0 Å². The summed E-state index contributed by atoms with van der Waals surface area (Å²) in [4.78, 5) is 19.5. The molecule has 0 bridgehead atoms. The zero-order valence-corrected chi connectivity index (χ0v) is 7.17. The van der Waals surface area contributed by atoms with E-state index in [0.29, 0.717) is 11.6 Å². The summed E-state index contributed by atoms with van der Waals surface area (Å²) in [6.07, 6.45) is 0. The van der Waals surface area contributed by atoms with E-state index in [9.17, 15) is 4.79 Å². The molecule has 1 heterocycles. The standard InChI is InChI=1S/C7H10N2O3/c1-4-6(7(10)9-11-3)12-5(2)8-4/h1-3H3,(H,9,10). The molecule has 5 heteroatoms. The highest BCUT2D eigenvalue weighted by Crippen LogP contribution is 2.08. The summed E-state index contributed by atoms with van der Waals surface area (Å²) < 4.78 is 5.03. The largest absolute Gasteiger partial charge is 0.435 e. The molecule has 12 heavy (non-hydrogen) atoms. The van der Waals surface area contributed by atoms with Crippen molar-refractivity contribution in [1.82, 2.24) is 10.5 Å². The fraction of sp³-hybridized carbons (Fsp3) is 0.429. The highest BCUT2D eigenvalue weighted by molar-refractivity contribution is 5.91. The summed E-state index contributed by atoms with van der Waals surface area (Å²) in [6, 6.07) is 0. The minimum atomic E-state index is -0.421. The van der Waals surface area contributed by atoms with Gasteiger partial charge in [0.15, 0.2) is 5.89 Å². The minimum absolute atomic E-state index is 0.189. The summed E-state index contributed by atoms with van der Waals surface area (Å²) in [6.45, 7) is 3.37. The van der Waals surface area contributed by atoms with Gasteiger partial charge in [-0.15, -0.1) is 0 Å². The van der Waals surface area contributed by atoms with E-state index in [-0.39, 0.29) is 5.76 Å². The molecule has 0 atom stereocenters. The average Bonchev–Trinajstić information content (AvgIpc) is 2.30. The number of hydroxylamine groups is 1. The van der Waals surface area contributed by atoms with E-state index >= 15 is 0 Å². The van der Waals surface area contributed by atoms with E-state index < -0.39 is 5.91 Å². The third-order valence-corrected chi connectivity index (χ3v) is 1.30.